The van der Waals surface area contributed by atoms with E-state index in [1.165, 1.54) is 29.8 Å². The predicted molar refractivity (Wildman–Crippen MR) is 138 cm³/mol. The third-order valence-electron chi connectivity index (χ3n) is 6.08. The summed E-state index contributed by atoms with van der Waals surface area (Å²) in [5, 5.41) is 3.50. The minimum atomic E-state index is 0. The number of hydrogen-bond acceptors (Lipinski definition) is 4. The van der Waals surface area contributed by atoms with Crippen LogP contribution in [-0.2, 0) is 4.74 Å². The Hall–Kier alpha value is -1.06. The van der Waals surface area contributed by atoms with Gasteiger partial charge < -0.3 is 19.9 Å². The number of nitrogens with zero attached hydrogens (tertiary/aromatic N) is 4. The first-order valence-corrected chi connectivity index (χ1v) is 11.3. The van der Waals surface area contributed by atoms with Crippen molar-refractivity contribution >= 4 is 35.6 Å². The predicted octanol–water partition coefficient (Wildman–Crippen LogP) is 3.12. The van der Waals surface area contributed by atoms with E-state index in [1.54, 1.807) is 0 Å². The molecule has 6 nitrogen and oxygen atoms in total. The van der Waals surface area contributed by atoms with E-state index in [1.807, 2.05) is 0 Å². The normalized spacial score (nSPS) is 18.3. The van der Waals surface area contributed by atoms with Crippen molar-refractivity contribution in [1.82, 2.24) is 15.1 Å². The average Bonchev–Trinajstić information content (AvgIpc) is 2.76. The molecule has 2 heterocycles. The van der Waals surface area contributed by atoms with Crippen molar-refractivity contribution in [2.24, 2.45) is 4.99 Å². The van der Waals surface area contributed by atoms with Gasteiger partial charge in [-0.2, -0.15) is 0 Å². The number of hydrogen-bond donors (Lipinski definition) is 1. The molecule has 0 bridgehead atoms. The molecule has 3 rings (SSSR count). The van der Waals surface area contributed by atoms with Gasteiger partial charge in [0.15, 0.2) is 5.96 Å². The van der Waals surface area contributed by atoms with Crippen LogP contribution in [0.25, 0.3) is 0 Å². The smallest absolute Gasteiger partial charge is 0.194 e. The molecular formula is C23H40IN5O. The molecule has 0 aliphatic carbocycles. The van der Waals surface area contributed by atoms with Crippen molar-refractivity contribution in [3.8, 4) is 0 Å². The second kappa shape index (κ2) is 13.4. The van der Waals surface area contributed by atoms with Crippen LogP contribution < -0.4 is 10.2 Å². The van der Waals surface area contributed by atoms with Crippen molar-refractivity contribution in [2.75, 3.05) is 77.0 Å². The lowest BCUT2D eigenvalue weighted by atomic mass is 10.1. The maximum atomic E-state index is 5.42. The van der Waals surface area contributed by atoms with E-state index in [-0.39, 0.29) is 24.0 Å². The molecule has 7 heteroatoms. The van der Waals surface area contributed by atoms with Gasteiger partial charge in [0.2, 0.25) is 0 Å². The molecule has 0 saturated carbocycles. The summed E-state index contributed by atoms with van der Waals surface area (Å²) >= 11 is 0. The second-order valence-corrected chi connectivity index (χ2v) is 8.09. The highest BCUT2D eigenvalue weighted by molar-refractivity contribution is 14.0. The van der Waals surface area contributed by atoms with Crippen LogP contribution in [-0.4, -0.2) is 87.9 Å². The van der Waals surface area contributed by atoms with Crippen LogP contribution in [0, 0.1) is 13.8 Å². The van der Waals surface area contributed by atoms with Gasteiger partial charge in [-0.1, -0.05) is 12.1 Å². The summed E-state index contributed by atoms with van der Waals surface area (Å²) in [6.45, 7) is 17.7. The monoisotopic (exact) mass is 529 g/mol. The lowest BCUT2D eigenvalue weighted by Crippen LogP contribution is -2.52. The van der Waals surface area contributed by atoms with E-state index in [0.29, 0.717) is 0 Å². The Morgan fingerprint density at radius 1 is 1.03 bits per heavy atom. The van der Waals surface area contributed by atoms with Crippen molar-refractivity contribution in [3.63, 3.8) is 0 Å². The van der Waals surface area contributed by atoms with Gasteiger partial charge in [-0.05, 0) is 57.4 Å². The molecule has 0 spiro atoms. The summed E-state index contributed by atoms with van der Waals surface area (Å²) in [6, 6.07) is 6.63. The Labute approximate surface area is 200 Å². The third-order valence-corrected chi connectivity index (χ3v) is 6.08. The second-order valence-electron chi connectivity index (χ2n) is 8.09. The number of halogens is 1. The van der Waals surface area contributed by atoms with Crippen LogP contribution in [0.5, 0.6) is 0 Å². The molecule has 30 heavy (non-hydrogen) atoms. The van der Waals surface area contributed by atoms with Crippen LogP contribution in [0.3, 0.4) is 0 Å². The first kappa shape index (κ1) is 25.2. The first-order chi connectivity index (χ1) is 14.2. The summed E-state index contributed by atoms with van der Waals surface area (Å²) in [5.74, 6) is 1.08. The van der Waals surface area contributed by atoms with Gasteiger partial charge in [-0.3, -0.25) is 9.89 Å². The number of anilines is 1. The van der Waals surface area contributed by atoms with Gasteiger partial charge in [-0.15, -0.1) is 24.0 Å². The fourth-order valence-corrected chi connectivity index (χ4v) is 4.12. The largest absolute Gasteiger partial charge is 0.379 e. The summed E-state index contributed by atoms with van der Waals surface area (Å²) < 4.78 is 5.42. The number of unbranched alkanes of at least 4 members (excludes halogenated alkanes) is 1. The Kier molecular flexibility index (Phi) is 11.2. The molecule has 1 aromatic rings. The molecule has 2 aliphatic rings. The summed E-state index contributed by atoms with van der Waals surface area (Å²) in [6.07, 6.45) is 2.36. The molecule has 0 aromatic heterocycles. The van der Waals surface area contributed by atoms with Gasteiger partial charge in [0.25, 0.3) is 0 Å². The number of aliphatic imine (C=N–C) groups is 1. The standard InChI is InChI=1S/C23H39N5O.HI/c1-4-24-23(25-10-5-6-11-26-16-18-29-19-17-26)28-14-12-27(13-15-28)22-9-7-8-20(2)21(22)3;/h7-9H,4-6,10-19H2,1-3H3,(H,24,25);1H. The Morgan fingerprint density at radius 2 is 1.77 bits per heavy atom. The van der Waals surface area contributed by atoms with Crippen LogP contribution in [0.1, 0.15) is 30.9 Å². The molecule has 1 N–H and O–H groups in total. The van der Waals surface area contributed by atoms with Crippen LogP contribution in [0.15, 0.2) is 23.2 Å². The molecule has 170 valence electrons. The zero-order valence-corrected chi connectivity index (χ0v) is 21.4. The van der Waals surface area contributed by atoms with Gasteiger partial charge >= 0.3 is 0 Å². The van der Waals surface area contributed by atoms with Gasteiger partial charge in [0.05, 0.1) is 13.2 Å². The summed E-state index contributed by atoms with van der Waals surface area (Å²) in [5.41, 5.74) is 4.16. The number of morpholine rings is 1. The van der Waals surface area contributed by atoms with Gasteiger partial charge in [-0.25, -0.2) is 0 Å². The highest BCUT2D eigenvalue weighted by Crippen LogP contribution is 2.23. The number of benzene rings is 1. The topological polar surface area (TPSA) is 43.3 Å². The highest BCUT2D eigenvalue weighted by atomic mass is 127. The van der Waals surface area contributed by atoms with Crippen molar-refractivity contribution in [1.29, 1.82) is 0 Å². The number of nitrogens with one attached hydrogen (secondary N) is 1. The fourth-order valence-electron chi connectivity index (χ4n) is 4.12. The first-order valence-electron chi connectivity index (χ1n) is 11.3. The highest BCUT2D eigenvalue weighted by Gasteiger charge is 2.21. The molecule has 1 aromatic carbocycles. The van der Waals surface area contributed by atoms with Gasteiger partial charge in [0.1, 0.15) is 0 Å². The van der Waals surface area contributed by atoms with Crippen LogP contribution >= 0.6 is 24.0 Å². The number of ether oxygens (including phenoxy) is 1. The van der Waals surface area contributed by atoms with Crippen molar-refractivity contribution < 1.29 is 4.74 Å². The molecule has 2 aliphatic heterocycles. The number of guanidine groups is 1. The number of piperazine rings is 1. The van der Waals surface area contributed by atoms with Crippen LogP contribution in [0.2, 0.25) is 0 Å². The van der Waals surface area contributed by atoms with E-state index < -0.39 is 0 Å². The lowest BCUT2D eigenvalue weighted by molar-refractivity contribution is 0.0373. The maximum absolute atomic E-state index is 5.42. The quantitative estimate of drug-likeness (QED) is 0.255. The summed E-state index contributed by atoms with van der Waals surface area (Å²) in [7, 11) is 0. The van der Waals surface area contributed by atoms with Crippen molar-refractivity contribution in [2.45, 2.75) is 33.6 Å². The maximum Gasteiger partial charge on any atom is 0.194 e. The molecule has 2 fully saturated rings. The third kappa shape index (κ3) is 7.27. The molecule has 2 saturated heterocycles. The molecule has 0 radical (unpaired) electrons. The molecular weight excluding hydrogens is 489 g/mol. The van der Waals surface area contributed by atoms with E-state index in [0.717, 1.165) is 78.0 Å². The Morgan fingerprint density at radius 3 is 2.47 bits per heavy atom. The van der Waals surface area contributed by atoms with E-state index in [4.69, 9.17) is 9.73 Å². The lowest BCUT2D eigenvalue weighted by Gasteiger charge is -2.38. The Balaban J connectivity index is 0.00000320. The van der Waals surface area contributed by atoms with E-state index in [9.17, 15) is 0 Å². The Bertz CT molecular complexity index is 655. The number of aryl methyl sites for hydroxylation is 1. The minimum absolute atomic E-state index is 0. The van der Waals surface area contributed by atoms with Gasteiger partial charge in [0, 0.05) is 58.0 Å². The van der Waals surface area contributed by atoms with E-state index in [2.05, 4.69) is 59.0 Å². The van der Waals surface area contributed by atoms with Crippen molar-refractivity contribution in [3.05, 3.63) is 29.3 Å². The summed E-state index contributed by atoms with van der Waals surface area (Å²) in [4.78, 5) is 12.4. The molecule has 0 atom stereocenters. The zero-order chi connectivity index (χ0) is 20.5. The molecule has 0 amide bonds. The average molecular weight is 530 g/mol. The molecule has 0 unspecified atom stereocenters. The van der Waals surface area contributed by atoms with Crippen LogP contribution in [0.4, 0.5) is 5.69 Å². The zero-order valence-electron chi connectivity index (χ0n) is 19.0. The number of rotatable bonds is 7. The van der Waals surface area contributed by atoms with E-state index >= 15 is 0 Å². The SMILES string of the molecule is CCNC(=NCCCCN1CCOCC1)N1CCN(c2cccc(C)c2C)CC1.I. The fraction of sp³-hybridized carbons (Fsp3) is 0.696. The minimum Gasteiger partial charge on any atom is -0.379 e.